The first kappa shape index (κ1) is 11.3. The van der Waals surface area contributed by atoms with E-state index in [1.165, 1.54) is 0 Å². The van der Waals surface area contributed by atoms with Gasteiger partial charge in [0.2, 0.25) is 0 Å². The van der Waals surface area contributed by atoms with Gasteiger partial charge < -0.3 is 10.1 Å². The molecular weight excluding hydrogens is 209 g/mol. The maximum absolute atomic E-state index is 13.6. The van der Waals surface area contributed by atoms with E-state index in [0.717, 1.165) is 12.8 Å². The van der Waals surface area contributed by atoms with Crippen molar-refractivity contribution in [3.05, 3.63) is 17.3 Å². The fourth-order valence-corrected chi connectivity index (χ4v) is 1.92. The molecule has 16 heavy (non-hydrogen) atoms. The minimum absolute atomic E-state index is 0.235. The van der Waals surface area contributed by atoms with E-state index in [2.05, 4.69) is 15.3 Å². The van der Waals surface area contributed by atoms with E-state index in [-0.39, 0.29) is 5.82 Å². The summed E-state index contributed by atoms with van der Waals surface area (Å²) in [6.07, 6.45) is 1.87. The molecular formula is C11H16FN3O. The van der Waals surface area contributed by atoms with Gasteiger partial charge in [0.25, 0.3) is 0 Å². The number of aromatic nitrogens is 2. The Bertz CT molecular complexity index is 402. The van der Waals surface area contributed by atoms with Crippen LogP contribution in [0.1, 0.15) is 31.3 Å². The zero-order chi connectivity index (χ0) is 11.8. The molecule has 0 bridgehead atoms. The Labute approximate surface area is 94.2 Å². The molecule has 1 aromatic heterocycles. The molecule has 1 saturated heterocycles. The van der Waals surface area contributed by atoms with Crippen LogP contribution in [0.3, 0.4) is 0 Å². The number of hydrogen-bond acceptors (Lipinski definition) is 4. The highest BCUT2D eigenvalue weighted by Gasteiger charge is 2.35. The van der Waals surface area contributed by atoms with Gasteiger partial charge in [-0.05, 0) is 26.7 Å². The lowest BCUT2D eigenvalue weighted by molar-refractivity contribution is 0.00917. The monoisotopic (exact) mass is 225 g/mol. The van der Waals surface area contributed by atoms with Crippen molar-refractivity contribution in [2.45, 2.75) is 32.3 Å². The van der Waals surface area contributed by atoms with E-state index in [1.807, 2.05) is 6.92 Å². The van der Waals surface area contributed by atoms with Crippen molar-refractivity contribution in [2.75, 3.05) is 19.0 Å². The average molecular weight is 225 g/mol. The summed E-state index contributed by atoms with van der Waals surface area (Å²) in [4.78, 5) is 8.37. The Morgan fingerprint density at radius 2 is 2.19 bits per heavy atom. The maximum atomic E-state index is 13.6. The molecule has 1 N–H and O–H groups in total. The highest BCUT2D eigenvalue weighted by atomic mass is 19.1. The third kappa shape index (κ3) is 1.75. The lowest BCUT2D eigenvalue weighted by atomic mass is 10.0. The fourth-order valence-electron chi connectivity index (χ4n) is 1.92. The lowest BCUT2D eigenvalue weighted by Crippen LogP contribution is -2.25. The van der Waals surface area contributed by atoms with Crippen LogP contribution in [0.25, 0.3) is 0 Å². The number of nitrogens with zero attached hydrogens (tertiary/aromatic N) is 2. The van der Waals surface area contributed by atoms with Crippen molar-refractivity contribution in [1.29, 1.82) is 0 Å². The van der Waals surface area contributed by atoms with Gasteiger partial charge in [-0.2, -0.15) is 0 Å². The quantitative estimate of drug-likeness (QED) is 0.836. The van der Waals surface area contributed by atoms with Gasteiger partial charge in [-0.15, -0.1) is 0 Å². The molecule has 0 spiro atoms. The van der Waals surface area contributed by atoms with Crippen LogP contribution in [-0.2, 0) is 10.3 Å². The summed E-state index contributed by atoms with van der Waals surface area (Å²) in [6, 6.07) is 0. The van der Waals surface area contributed by atoms with Crippen molar-refractivity contribution in [3.8, 4) is 0 Å². The van der Waals surface area contributed by atoms with Crippen LogP contribution in [-0.4, -0.2) is 23.6 Å². The largest absolute Gasteiger partial charge is 0.371 e. The summed E-state index contributed by atoms with van der Waals surface area (Å²) < 4.78 is 19.2. The third-order valence-electron chi connectivity index (χ3n) is 2.95. The SMILES string of the molecule is CNc1nc(C2(C)CCCO2)nc(C)c1F. The normalized spacial score (nSPS) is 24.8. The van der Waals surface area contributed by atoms with Gasteiger partial charge in [-0.25, -0.2) is 14.4 Å². The van der Waals surface area contributed by atoms with E-state index in [9.17, 15) is 4.39 Å². The first-order valence-corrected chi connectivity index (χ1v) is 5.43. The van der Waals surface area contributed by atoms with Gasteiger partial charge in [0.05, 0.1) is 5.69 Å². The second kappa shape index (κ2) is 3.97. The van der Waals surface area contributed by atoms with E-state index in [0.29, 0.717) is 18.1 Å². The molecule has 0 amide bonds. The van der Waals surface area contributed by atoms with Gasteiger partial charge in [-0.1, -0.05) is 0 Å². The van der Waals surface area contributed by atoms with E-state index in [1.54, 1.807) is 14.0 Å². The van der Waals surface area contributed by atoms with Crippen molar-refractivity contribution >= 4 is 5.82 Å². The molecule has 1 aliphatic rings. The number of hydrogen-bond donors (Lipinski definition) is 1. The molecule has 0 radical (unpaired) electrons. The molecule has 1 aromatic rings. The molecule has 0 saturated carbocycles. The number of ether oxygens (including phenoxy) is 1. The molecule has 0 aromatic carbocycles. The average Bonchev–Trinajstić information content (AvgIpc) is 2.70. The van der Waals surface area contributed by atoms with Gasteiger partial charge in [0.1, 0.15) is 5.60 Å². The summed E-state index contributed by atoms with van der Waals surface area (Å²) >= 11 is 0. The standard InChI is InChI=1S/C11H16FN3O/c1-7-8(12)9(13-3)15-10(14-7)11(2)5-4-6-16-11/h4-6H2,1-3H3,(H,13,14,15). The number of nitrogens with one attached hydrogen (secondary N) is 1. The van der Waals surface area contributed by atoms with E-state index in [4.69, 9.17) is 4.74 Å². The molecule has 1 atom stereocenters. The van der Waals surface area contributed by atoms with E-state index >= 15 is 0 Å². The van der Waals surface area contributed by atoms with Crippen molar-refractivity contribution in [2.24, 2.45) is 0 Å². The van der Waals surface area contributed by atoms with Gasteiger partial charge >= 0.3 is 0 Å². The second-order valence-corrected chi connectivity index (χ2v) is 4.23. The van der Waals surface area contributed by atoms with Crippen molar-refractivity contribution in [3.63, 3.8) is 0 Å². The number of anilines is 1. The smallest absolute Gasteiger partial charge is 0.186 e. The minimum Gasteiger partial charge on any atom is -0.371 e. The Morgan fingerprint density at radius 1 is 1.44 bits per heavy atom. The van der Waals surface area contributed by atoms with Crippen LogP contribution in [0.5, 0.6) is 0 Å². The van der Waals surface area contributed by atoms with E-state index < -0.39 is 11.4 Å². The molecule has 88 valence electrons. The topological polar surface area (TPSA) is 47.0 Å². The first-order chi connectivity index (χ1) is 7.57. The van der Waals surface area contributed by atoms with Gasteiger partial charge in [-0.3, -0.25) is 0 Å². The van der Waals surface area contributed by atoms with Crippen LogP contribution in [0.2, 0.25) is 0 Å². The summed E-state index contributed by atoms with van der Waals surface area (Å²) in [5.74, 6) is 0.403. The zero-order valence-corrected chi connectivity index (χ0v) is 9.80. The lowest BCUT2D eigenvalue weighted by Gasteiger charge is -2.22. The highest BCUT2D eigenvalue weighted by Crippen LogP contribution is 2.34. The van der Waals surface area contributed by atoms with Crippen LogP contribution >= 0.6 is 0 Å². The summed E-state index contributed by atoms with van der Waals surface area (Å²) in [6.45, 7) is 4.30. The zero-order valence-electron chi connectivity index (χ0n) is 9.80. The maximum Gasteiger partial charge on any atom is 0.186 e. The molecule has 1 aliphatic heterocycles. The Morgan fingerprint density at radius 3 is 2.75 bits per heavy atom. The minimum atomic E-state index is -0.468. The fraction of sp³-hybridized carbons (Fsp3) is 0.636. The molecule has 1 unspecified atom stereocenters. The second-order valence-electron chi connectivity index (χ2n) is 4.23. The van der Waals surface area contributed by atoms with Crippen molar-refractivity contribution in [1.82, 2.24) is 9.97 Å². The number of aryl methyl sites for hydroxylation is 1. The number of halogens is 1. The predicted molar refractivity (Wildman–Crippen MR) is 58.8 cm³/mol. The third-order valence-corrected chi connectivity index (χ3v) is 2.95. The molecule has 1 fully saturated rings. The predicted octanol–water partition coefficient (Wildman–Crippen LogP) is 1.99. The Hall–Kier alpha value is -1.23. The van der Waals surface area contributed by atoms with Crippen LogP contribution in [0, 0.1) is 12.7 Å². The molecule has 0 aliphatic carbocycles. The highest BCUT2D eigenvalue weighted by molar-refractivity contribution is 5.38. The summed E-state index contributed by atoms with van der Waals surface area (Å²) in [5, 5.41) is 2.74. The Balaban J connectivity index is 2.45. The molecule has 5 heteroatoms. The summed E-state index contributed by atoms with van der Waals surface area (Å²) in [5.41, 5.74) is -0.115. The van der Waals surface area contributed by atoms with Crippen LogP contribution < -0.4 is 5.32 Å². The molecule has 2 rings (SSSR count). The molecule has 2 heterocycles. The van der Waals surface area contributed by atoms with Gasteiger partial charge in [0.15, 0.2) is 17.5 Å². The van der Waals surface area contributed by atoms with Gasteiger partial charge in [0, 0.05) is 13.7 Å². The van der Waals surface area contributed by atoms with Crippen molar-refractivity contribution < 1.29 is 9.13 Å². The Kier molecular flexibility index (Phi) is 2.80. The first-order valence-electron chi connectivity index (χ1n) is 5.43. The number of rotatable bonds is 2. The molecule has 4 nitrogen and oxygen atoms in total. The van der Waals surface area contributed by atoms with Crippen LogP contribution in [0.15, 0.2) is 0 Å². The van der Waals surface area contributed by atoms with Crippen LogP contribution in [0.4, 0.5) is 10.2 Å². The summed E-state index contributed by atoms with van der Waals surface area (Å²) in [7, 11) is 1.65.